The van der Waals surface area contributed by atoms with Crippen molar-refractivity contribution in [2.24, 2.45) is 13.0 Å². The zero-order valence-electron chi connectivity index (χ0n) is 10.5. The van der Waals surface area contributed by atoms with E-state index in [4.69, 9.17) is 0 Å². The number of carbonyl (C=O) groups excluding carboxylic acids is 1. The maximum absolute atomic E-state index is 12.2. The monoisotopic (exact) mass is 251 g/mol. The minimum atomic E-state index is -0.939. The van der Waals surface area contributed by atoms with Gasteiger partial charge in [0.25, 0.3) is 5.91 Å². The third-order valence-electron chi connectivity index (χ3n) is 3.33. The molecule has 2 heterocycles. The van der Waals surface area contributed by atoms with E-state index in [0.29, 0.717) is 24.6 Å². The Hall–Kier alpha value is -1.85. The Bertz CT molecular complexity index is 469. The maximum atomic E-state index is 12.2. The first-order valence-corrected chi connectivity index (χ1v) is 6.00. The maximum Gasteiger partial charge on any atom is 0.326 e. The van der Waals surface area contributed by atoms with E-state index in [9.17, 15) is 14.7 Å². The number of carbonyl (C=O) groups is 2. The lowest BCUT2D eigenvalue weighted by molar-refractivity contribution is -0.144. The zero-order valence-corrected chi connectivity index (χ0v) is 10.5. The van der Waals surface area contributed by atoms with Crippen molar-refractivity contribution < 1.29 is 14.7 Å². The Kier molecular flexibility index (Phi) is 3.36. The van der Waals surface area contributed by atoms with Crippen molar-refractivity contribution in [3.05, 3.63) is 18.2 Å². The van der Waals surface area contributed by atoms with Gasteiger partial charge in [-0.25, -0.2) is 9.78 Å². The molecule has 0 aromatic carbocycles. The van der Waals surface area contributed by atoms with Gasteiger partial charge in [0.15, 0.2) is 0 Å². The fourth-order valence-corrected chi connectivity index (χ4v) is 2.29. The van der Waals surface area contributed by atoms with Crippen LogP contribution >= 0.6 is 0 Å². The van der Waals surface area contributed by atoms with Crippen LogP contribution in [-0.2, 0) is 11.8 Å². The Morgan fingerprint density at radius 1 is 1.50 bits per heavy atom. The van der Waals surface area contributed by atoms with Crippen LogP contribution in [0.3, 0.4) is 0 Å². The van der Waals surface area contributed by atoms with Gasteiger partial charge in [-0.1, -0.05) is 6.92 Å². The van der Waals surface area contributed by atoms with E-state index < -0.39 is 12.0 Å². The molecule has 0 spiro atoms. The number of carboxylic acids is 1. The SMILES string of the molecule is CC1CCN(C(=O)c2cn(C)cn2)C(C(=O)O)C1. The molecule has 1 aliphatic heterocycles. The van der Waals surface area contributed by atoms with Crippen LogP contribution in [0.25, 0.3) is 0 Å². The molecule has 0 saturated carbocycles. The average Bonchev–Trinajstić information content (AvgIpc) is 2.75. The van der Waals surface area contributed by atoms with Gasteiger partial charge in [0.05, 0.1) is 6.33 Å². The number of piperidine rings is 1. The van der Waals surface area contributed by atoms with E-state index in [2.05, 4.69) is 4.98 Å². The number of hydrogen-bond donors (Lipinski definition) is 1. The summed E-state index contributed by atoms with van der Waals surface area (Å²) in [6, 6.07) is -0.733. The Morgan fingerprint density at radius 2 is 2.22 bits per heavy atom. The molecule has 1 saturated heterocycles. The Morgan fingerprint density at radius 3 is 2.78 bits per heavy atom. The third kappa shape index (κ3) is 2.37. The van der Waals surface area contributed by atoms with Gasteiger partial charge in [0, 0.05) is 19.8 Å². The van der Waals surface area contributed by atoms with E-state index in [1.165, 1.54) is 11.2 Å². The molecular formula is C12H17N3O3. The second-order valence-corrected chi connectivity index (χ2v) is 4.91. The number of hydrogen-bond acceptors (Lipinski definition) is 3. The first-order valence-electron chi connectivity index (χ1n) is 6.00. The molecule has 1 amide bonds. The molecule has 18 heavy (non-hydrogen) atoms. The molecule has 0 aliphatic carbocycles. The molecule has 6 nitrogen and oxygen atoms in total. The van der Waals surface area contributed by atoms with Crippen LogP contribution in [0.5, 0.6) is 0 Å². The van der Waals surface area contributed by atoms with Gasteiger partial charge in [-0.15, -0.1) is 0 Å². The number of rotatable bonds is 2. The number of aliphatic carboxylic acids is 1. The van der Waals surface area contributed by atoms with Gasteiger partial charge in [-0.05, 0) is 18.8 Å². The molecule has 2 atom stereocenters. The molecule has 0 bridgehead atoms. The number of nitrogens with zero attached hydrogens (tertiary/aromatic N) is 3. The summed E-state index contributed by atoms with van der Waals surface area (Å²) >= 11 is 0. The summed E-state index contributed by atoms with van der Waals surface area (Å²) in [4.78, 5) is 28.9. The largest absolute Gasteiger partial charge is 0.480 e. The lowest BCUT2D eigenvalue weighted by Gasteiger charge is -2.35. The molecule has 2 rings (SSSR count). The minimum Gasteiger partial charge on any atom is -0.480 e. The summed E-state index contributed by atoms with van der Waals surface area (Å²) in [5.74, 6) is -0.903. The molecule has 1 aromatic rings. The van der Waals surface area contributed by atoms with Crippen molar-refractivity contribution in [3.8, 4) is 0 Å². The predicted molar refractivity (Wildman–Crippen MR) is 64.1 cm³/mol. The third-order valence-corrected chi connectivity index (χ3v) is 3.33. The first-order chi connectivity index (χ1) is 8.49. The van der Waals surface area contributed by atoms with Crippen molar-refractivity contribution in [1.82, 2.24) is 14.5 Å². The van der Waals surface area contributed by atoms with Crippen LogP contribution in [-0.4, -0.2) is 44.0 Å². The van der Waals surface area contributed by atoms with Crippen LogP contribution in [0.4, 0.5) is 0 Å². The minimum absolute atomic E-state index is 0.296. The van der Waals surface area contributed by atoms with Crippen molar-refractivity contribution in [2.45, 2.75) is 25.8 Å². The van der Waals surface area contributed by atoms with Gasteiger partial charge >= 0.3 is 5.97 Å². The summed E-state index contributed by atoms with van der Waals surface area (Å²) in [6.45, 7) is 2.49. The van der Waals surface area contributed by atoms with E-state index in [1.807, 2.05) is 6.92 Å². The number of aromatic nitrogens is 2. The van der Waals surface area contributed by atoms with Crippen LogP contribution in [0.1, 0.15) is 30.3 Å². The molecule has 1 aliphatic rings. The highest BCUT2D eigenvalue weighted by atomic mass is 16.4. The zero-order chi connectivity index (χ0) is 13.3. The highest BCUT2D eigenvalue weighted by Gasteiger charge is 2.35. The van der Waals surface area contributed by atoms with Gasteiger partial charge in [-0.3, -0.25) is 4.79 Å². The Labute approximate surface area is 105 Å². The van der Waals surface area contributed by atoms with E-state index >= 15 is 0 Å². The van der Waals surface area contributed by atoms with Crippen LogP contribution < -0.4 is 0 Å². The summed E-state index contributed by atoms with van der Waals surface area (Å²) in [5.41, 5.74) is 0.304. The Balaban J connectivity index is 2.20. The average molecular weight is 251 g/mol. The van der Waals surface area contributed by atoms with Gasteiger partial charge in [0.1, 0.15) is 11.7 Å². The number of imidazole rings is 1. The predicted octanol–water partition coefficient (Wildman–Crippen LogP) is 0.745. The second kappa shape index (κ2) is 4.80. The van der Waals surface area contributed by atoms with Crippen LogP contribution in [0.15, 0.2) is 12.5 Å². The molecule has 1 aromatic heterocycles. The highest BCUT2D eigenvalue weighted by molar-refractivity contribution is 5.95. The fourth-order valence-electron chi connectivity index (χ4n) is 2.29. The topological polar surface area (TPSA) is 75.4 Å². The first kappa shape index (κ1) is 12.6. The summed E-state index contributed by atoms with van der Waals surface area (Å²) in [6.07, 6.45) is 4.49. The number of amides is 1. The van der Waals surface area contributed by atoms with Gasteiger partial charge < -0.3 is 14.6 Å². The van der Waals surface area contributed by atoms with Crippen molar-refractivity contribution in [1.29, 1.82) is 0 Å². The van der Waals surface area contributed by atoms with Crippen LogP contribution in [0.2, 0.25) is 0 Å². The van der Waals surface area contributed by atoms with E-state index in [0.717, 1.165) is 6.42 Å². The summed E-state index contributed by atoms with van der Waals surface area (Å²) in [7, 11) is 1.77. The van der Waals surface area contributed by atoms with E-state index in [1.54, 1.807) is 17.8 Å². The molecule has 6 heteroatoms. The van der Waals surface area contributed by atoms with E-state index in [-0.39, 0.29) is 5.91 Å². The normalized spacial score (nSPS) is 24.0. The summed E-state index contributed by atoms with van der Waals surface area (Å²) < 4.78 is 1.68. The van der Waals surface area contributed by atoms with Gasteiger partial charge in [0.2, 0.25) is 0 Å². The molecule has 2 unspecified atom stereocenters. The summed E-state index contributed by atoms with van der Waals surface area (Å²) in [5, 5.41) is 9.21. The molecule has 98 valence electrons. The molecular weight excluding hydrogens is 234 g/mol. The standard InChI is InChI=1S/C12H17N3O3/c1-8-3-4-15(10(5-8)12(17)18)11(16)9-6-14(2)7-13-9/h6-8,10H,3-5H2,1-2H3,(H,17,18). The molecule has 1 fully saturated rings. The highest BCUT2D eigenvalue weighted by Crippen LogP contribution is 2.24. The molecule has 0 radical (unpaired) electrons. The fraction of sp³-hybridized carbons (Fsp3) is 0.583. The second-order valence-electron chi connectivity index (χ2n) is 4.91. The smallest absolute Gasteiger partial charge is 0.326 e. The quantitative estimate of drug-likeness (QED) is 0.841. The number of aryl methyl sites for hydroxylation is 1. The van der Waals surface area contributed by atoms with Gasteiger partial charge in [-0.2, -0.15) is 0 Å². The number of carboxylic acid groups (broad SMARTS) is 1. The van der Waals surface area contributed by atoms with Crippen molar-refractivity contribution in [2.75, 3.05) is 6.54 Å². The van der Waals surface area contributed by atoms with Crippen molar-refractivity contribution in [3.63, 3.8) is 0 Å². The number of likely N-dealkylation sites (tertiary alicyclic amines) is 1. The lowest BCUT2D eigenvalue weighted by Crippen LogP contribution is -2.49. The lowest BCUT2D eigenvalue weighted by atomic mass is 9.92. The van der Waals surface area contributed by atoms with Crippen molar-refractivity contribution >= 4 is 11.9 Å². The molecule has 1 N–H and O–H groups in total. The van der Waals surface area contributed by atoms with Crippen LogP contribution in [0, 0.1) is 5.92 Å².